The van der Waals surface area contributed by atoms with Crippen molar-refractivity contribution in [2.24, 2.45) is 0 Å². The van der Waals surface area contributed by atoms with E-state index in [1.54, 1.807) is 0 Å². The highest BCUT2D eigenvalue weighted by Crippen LogP contribution is 2.18. The average Bonchev–Trinajstić information content (AvgIpc) is 2.92. The number of carboxylic acids is 1. The molecule has 0 bridgehead atoms. The van der Waals surface area contributed by atoms with Gasteiger partial charge in [0.15, 0.2) is 0 Å². The van der Waals surface area contributed by atoms with Gasteiger partial charge in [-0.1, -0.05) is 18.3 Å². The number of aromatic nitrogens is 4. The minimum atomic E-state index is -0.941. The topological polar surface area (TPSA) is 98.0 Å². The van der Waals surface area contributed by atoms with E-state index in [0.717, 1.165) is 11.5 Å². The number of hydrogen-bond acceptors (Lipinski definition) is 6. The molecule has 0 saturated carbocycles. The van der Waals surface area contributed by atoms with Crippen molar-refractivity contribution >= 4 is 17.5 Å². The molecule has 0 fully saturated rings. The lowest BCUT2D eigenvalue weighted by Gasteiger charge is -2.15. The SMILES string of the molecule is CCc1nc(=O)n(-c2cnns2)c(CC)c1CC(=O)O. The minimum absolute atomic E-state index is 0.147. The van der Waals surface area contributed by atoms with Crippen molar-refractivity contribution in [2.75, 3.05) is 0 Å². The molecule has 8 heteroatoms. The molecule has 106 valence electrons. The monoisotopic (exact) mass is 294 g/mol. The second-order valence-electron chi connectivity index (χ2n) is 4.14. The van der Waals surface area contributed by atoms with Crippen molar-refractivity contribution in [3.63, 3.8) is 0 Å². The van der Waals surface area contributed by atoms with Crippen LogP contribution in [0.2, 0.25) is 0 Å². The molecule has 0 aliphatic carbocycles. The Labute approximate surface area is 119 Å². The Bertz CT molecular complexity index is 679. The molecule has 2 aromatic heterocycles. The van der Waals surface area contributed by atoms with Crippen LogP contribution < -0.4 is 5.69 Å². The number of hydrogen-bond donors (Lipinski definition) is 1. The van der Waals surface area contributed by atoms with Crippen LogP contribution in [0.4, 0.5) is 0 Å². The Hall–Kier alpha value is -2.09. The fraction of sp³-hybridized carbons (Fsp3) is 0.417. The number of rotatable bonds is 5. The van der Waals surface area contributed by atoms with Gasteiger partial charge >= 0.3 is 11.7 Å². The molecule has 0 aliphatic heterocycles. The third-order valence-corrected chi connectivity index (χ3v) is 3.61. The second-order valence-corrected chi connectivity index (χ2v) is 4.90. The molecule has 7 nitrogen and oxygen atoms in total. The normalized spacial score (nSPS) is 10.7. The third-order valence-electron chi connectivity index (χ3n) is 2.96. The van der Waals surface area contributed by atoms with Gasteiger partial charge in [0.25, 0.3) is 0 Å². The molecule has 0 atom stereocenters. The molecule has 0 saturated heterocycles. The Kier molecular flexibility index (Phi) is 4.23. The molecule has 0 unspecified atom stereocenters. The van der Waals surface area contributed by atoms with Crippen molar-refractivity contribution in [3.05, 3.63) is 33.6 Å². The summed E-state index contributed by atoms with van der Waals surface area (Å²) in [5.41, 5.74) is 1.40. The quantitative estimate of drug-likeness (QED) is 0.877. The number of nitrogens with zero attached hydrogens (tertiary/aromatic N) is 4. The molecule has 2 heterocycles. The van der Waals surface area contributed by atoms with Crippen molar-refractivity contribution in [3.8, 4) is 5.00 Å². The van der Waals surface area contributed by atoms with Crippen LogP contribution in [0.3, 0.4) is 0 Å². The standard InChI is InChI=1S/C12H14N4O3S/c1-3-8-7(5-11(17)18)9(4-2)16(12(19)14-8)10-6-13-15-20-10/h6H,3-5H2,1-2H3,(H,17,18). The molecule has 0 amide bonds. The van der Waals surface area contributed by atoms with Crippen molar-refractivity contribution < 1.29 is 9.90 Å². The Morgan fingerprint density at radius 1 is 1.40 bits per heavy atom. The first-order valence-electron chi connectivity index (χ1n) is 6.21. The predicted octanol–water partition coefficient (Wildman–Crippen LogP) is 0.836. The number of carboxylic acid groups (broad SMARTS) is 1. The molecule has 2 aromatic rings. The zero-order valence-corrected chi connectivity index (χ0v) is 12.0. The molecule has 0 aliphatic rings. The zero-order chi connectivity index (χ0) is 14.7. The van der Waals surface area contributed by atoms with Gasteiger partial charge in [-0.15, -0.1) is 5.10 Å². The van der Waals surface area contributed by atoms with Crippen LogP contribution in [0.1, 0.15) is 30.8 Å². The van der Waals surface area contributed by atoms with Gasteiger partial charge in [-0.3, -0.25) is 9.36 Å². The summed E-state index contributed by atoms with van der Waals surface area (Å²) in [7, 11) is 0. The largest absolute Gasteiger partial charge is 0.481 e. The molecule has 0 spiro atoms. The molecule has 0 aromatic carbocycles. The van der Waals surface area contributed by atoms with Gasteiger partial charge in [-0.05, 0) is 12.8 Å². The maximum absolute atomic E-state index is 12.2. The Morgan fingerprint density at radius 3 is 2.65 bits per heavy atom. The van der Waals surface area contributed by atoms with Crippen LogP contribution in [0.5, 0.6) is 0 Å². The van der Waals surface area contributed by atoms with Gasteiger partial charge in [0.05, 0.1) is 18.3 Å². The Balaban J connectivity index is 2.75. The summed E-state index contributed by atoms with van der Waals surface area (Å²) >= 11 is 1.08. The summed E-state index contributed by atoms with van der Waals surface area (Å²) in [5.74, 6) is -0.941. The number of carbonyl (C=O) groups is 1. The van der Waals surface area contributed by atoms with E-state index < -0.39 is 11.7 Å². The molecule has 1 N–H and O–H groups in total. The van der Waals surface area contributed by atoms with Crippen LogP contribution in [-0.2, 0) is 24.1 Å². The maximum Gasteiger partial charge on any atom is 0.353 e. The van der Waals surface area contributed by atoms with E-state index in [1.807, 2.05) is 13.8 Å². The van der Waals surface area contributed by atoms with E-state index >= 15 is 0 Å². The number of aliphatic carboxylic acids is 1. The van der Waals surface area contributed by atoms with Crippen molar-refractivity contribution in [2.45, 2.75) is 33.1 Å². The van der Waals surface area contributed by atoms with Crippen molar-refractivity contribution in [1.29, 1.82) is 0 Å². The van der Waals surface area contributed by atoms with E-state index in [4.69, 9.17) is 5.11 Å². The fourth-order valence-electron chi connectivity index (χ4n) is 2.16. The smallest absolute Gasteiger partial charge is 0.353 e. The summed E-state index contributed by atoms with van der Waals surface area (Å²) < 4.78 is 5.14. The fourth-order valence-corrected chi connectivity index (χ4v) is 2.70. The first kappa shape index (κ1) is 14.3. The lowest BCUT2D eigenvalue weighted by atomic mass is 10.0. The first-order valence-corrected chi connectivity index (χ1v) is 6.99. The Morgan fingerprint density at radius 2 is 2.15 bits per heavy atom. The van der Waals surface area contributed by atoms with Gasteiger partial charge < -0.3 is 5.11 Å². The lowest BCUT2D eigenvalue weighted by Crippen LogP contribution is -2.28. The highest BCUT2D eigenvalue weighted by Gasteiger charge is 2.19. The second kappa shape index (κ2) is 5.91. The molecular weight excluding hydrogens is 280 g/mol. The summed E-state index contributed by atoms with van der Waals surface area (Å²) in [6.07, 6.45) is 2.38. The first-order chi connectivity index (χ1) is 9.58. The highest BCUT2D eigenvalue weighted by molar-refractivity contribution is 7.08. The predicted molar refractivity (Wildman–Crippen MR) is 73.4 cm³/mol. The summed E-state index contributed by atoms with van der Waals surface area (Å²) in [6.45, 7) is 3.73. The molecule has 2 rings (SSSR count). The van der Waals surface area contributed by atoms with Crippen molar-refractivity contribution in [1.82, 2.24) is 19.1 Å². The van der Waals surface area contributed by atoms with E-state index in [0.29, 0.717) is 34.8 Å². The van der Waals surface area contributed by atoms with Gasteiger partial charge in [0.1, 0.15) is 5.00 Å². The highest BCUT2D eigenvalue weighted by atomic mass is 32.1. The average molecular weight is 294 g/mol. The van der Waals surface area contributed by atoms with Crippen LogP contribution in [0.25, 0.3) is 5.00 Å². The number of aryl methyl sites for hydroxylation is 1. The summed E-state index contributed by atoms with van der Waals surface area (Å²) in [4.78, 5) is 27.2. The summed E-state index contributed by atoms with van der Waals surface area (Å²) in [6, 6.07) is 0. The van der Waals surface area contributed by atoms with Crippen LogP contribution in [0, 0.1) is 0 Å². The lowest BCUT2D eigenvalue weighted by molar-refractivity contribution is -0.136. The van der Waals surface area contributed by atoms with Crippen LogP contribution in [-0.4, -0.2) is 30.2 Å². The van der Waals surface area contributed by atoms with E-state index in [1.165, 1.54) is 10.8 Å². The summed E-state index contributed by atoms with van der Waals surface area (Å²) in [5, 5.41) is 13.3. The maximum atomic E-state index is 12.2. The van der Waals surface area contributed by atoms with Gasteiger partial charge in [0.2, 0.25) is 0 Å². The molecular formula is C12H14N4O3S. The van der Waals surface area contributed by atoms with Gasteiger partial charge in [0, 0.05) is 22.8 Å². The molecule has 0 radical (unpaired) electrons. The third kappa shape index (κ3) is 2.60. The zero-order valence-electron chi connectivity index (χ0n) is 11.2. The van der Waals surface area contributed by atoms with E-state index in [-0.39, 0.29) is 6.42 Å². The van der Waals surface area contributed by atoms with Crippen LogP contribution >= 0.6 is 11.5 Å². The van der Waals surface area contributed by atoms with Crippen LogP contribution in [0.15, 0.2) is 11.0 Å². The minimum Gasteiger partial charge on any atom is -0.481 e. The van der Waals surface area contributed by atoms with E-state index in [2.05, 4.69) is 14.6 Å². The molecule has 20 heavy (non-hydrogen) atoms. The van der Waals surface area contributed by atoms with Gasteiger partial charge in [-0.2, -0.15) is 4.98 Å². The van der Waals surface area contributed by atoms with E-state index in [9.17, 15) is 9.59 Å². The van der Waals surface area contributed by atoms with Gasteiger partial charge in [-0.25, -0.2) is 4.79 Å².